The van der Waals surface area contributed by atoms with Crippen molar-refractivity contribution in [2.45, 2.75) is 58.0 Å². The summed E-state index contributed by atoms with van der Waals surface area (Å²) in [5, 5.41) is 2.99. The van der Waals surface area contributed by atoms with Gasteiger partial charge in [0.05, 0.1) is 6.04 Å². The summed E-state index contributed by atoms with van der Waals surface area (Å²) >= 11 is 0. The molecule has 3 aliphatic heterocycles. The molecular formula is C18H30N4O3. The summed E-state index contributed by atoms with van der Waals surface area (Å²) in [4.78, 5) is 42.9. The van der Waals surface area contributed by atoms with Crippen molar-refractivity contribution in [3.63, 3.8) is 0 Å². The second kappa shape index (κ2) is 6.94. The minimum atomic E-state index is -0.733. The number of hydrogen-bond donors (Lipinski definition) is 1. The Morgan fingerprint density at radius 3 is 2.52 bits per heavy atom. The fraction of sp³-hybridized carbons (Fsp3) is 0.833. The van der Waals surface area contributed by atoms with E-state index in [4.69, 9.17) is 0 Å². The van der Waals surface area contributed by atoms with Gasteiger partial charge in [-0.2, -0.15) is 0 Å². The zero-order chi connectivity index (χ0) is 18.2. The Morgan fingerprint density at radius 1 is 1.24 bits per heavy atom. The van der Waals surface area contributed by atoms with Gasteiger partial charge in [-0.3, -0.25) is 14.5 Å². The minimum Gasteiger partial charge on any atom is -0.341 e. The zero-order valence-electron chi connectivity index (χ0n) is 15.6. The Bertz CT molecular complexity index is 555. The van der Waals surface area contributed by atoms with Crippen LogP contribution >= 0.6 is 0 Å². The van der Waals surface area contributed by atoms with Crippen molar-refractivity contribution < 1.29 is 14.4 Å². The van der Waals surface area contributed by atoms with E-state index in [0.717, 1.165) is 32.5 Å². The predicted octanol–water partition coefficient (Wildman–Crippen LogP) is 1.04. The molecule has 3 fully saturated rings. The number of carbonyl (C=O) groups is 3. The molecule has 0 aromatic rings. The molecule has 1 atom stereocenters. The van der Waals surface area contributed by atoms with Crippen LogP contribution in [0.15, 0.2) is 0 Å². The highest BCUT2D eigenvalue weighted by atomic mass is 16.2. The number of likely N-dealkylation sites (tertiary alicyclic amines) is 2. The Morgan fingerprint density at radius 2 is 1.92 bits per heavy atom. The smallest absolute Gasteiger partial charge is 0.325 e. The average molecular weight is 350 g/mol. The first-order chi connectivity index (χ1) is 11.8. The summed E-state index contributed by atoms with van der Waals surface area (Å²) < 4.78 is 0. The van der Waals surface area contributed by atoms with Crippen molar-refractivity contribution in [3.05, 3.63) is 0 Å². The Balaban J connectivity index is 1.67. The predicted molar refractivity (Wildman–Crippen MR) is 93.9 cm³/mol. The van der Waals surface area contributed by atoms with Crippen LogP contribution in [0.5, 0.6) is 0 Å². The molecule has 4 amide bonds. The molecule has 25 heavy (non-hydrogen) atoms. The summed E-state index contributed by atoms with van der Waals surface area (Å²) in [6.07, 6.45) is 2.95. The van der Waals surface area contributed by atoms with Gasteiger partial charge >= 0.3 is 6.03 Å². The fourth-order valence-corrected chi connectivity index (χ4v) is 4.40. The standard InChI is InChI=1S/C18H30N4O3/c1-13(2)11-20-9-6-18(7-10-20)16(24)22(17(25)19-18)15-5-4-8-21(12-15)14(3)23/h13,15H,4-12H2,1-3H3,(H,19,25)/t15-/m0/s1. The molecular weight excluding hydrogens is 320 g/mol. The molecule has 0 bridgehead atoms. The molecule has 0 saturated carbocycles. The van der Waals surface area contributed by atoms with Gasteiger partial charge in [0.25, 0.3) is 5.91 Å². The average Bonchev–Trinajstić information content (AvgIpc) is 2.80. The Kier molecular flexibility index (Phi) is 5.04. The van der Waals surface area contributed by atoms with Gasteiger partial charge in [0.2, 0.25) is 5.91 Å². The molecule has 0 radical (unpaired) electrons. The molecule has 7 nitrogen and oxygen atoms in total. The number of urea groups is 1. The van der Waals surface area contributed by atoms with Gasteiger partial charge in [-0.25, -0.2) is 4.79 Å². The fourth-order valence-electron chi connectivity index (χ4n) is 4.40. The molecule has 7 heteroatoms. The third-order valence-electron chi connectivity index (χ3n) is 5.73. The van der Waals surface area contributed by atoms with Crippen molar-refractivity contribution >= 4 is 17.8 Å². The van der Waals surface area contributed by atoms with Crippen LogP contribution < -0.4 is 5.32 Å². The van der Waals surface area contributed by atoms with E-state index in [9.17, 15) is 14.4 Å². The lowest BCUT2D eigenvalue weighted by molar-refractivity contribution is -0.138. The van der Waals surface area contributed by atoms with E-state index in [2.05, 4.69) is 24.1 Å². The van der Waals surface area contributed by atoms with Crippen LogP contribution in [0.3, 0.4) is 0 Å². The van der Waals surface area contributed by atoms with Gasteiger partial charge in [-0.15, -0.1) is 0 Å². The van der Waals surface area contributed by atoms with Gasteiger partial charge in [0.1, 0.15) is 5.54 Å². The monoisotopic (exact) mass is 350 g/mol. The second-order valence-corrected chi connectivity index (χ2v) is 8.14. The molecule has 140 valence electrons. The van der Waals surface area contributed by atoms with E-state index < -0.39 is 5.54 Å². The lowest BCUT2D eigenvalue weighted by atomic mass is 9.86. The third kappa shape index (κ3) is 3.52. The van der Waals surface area contributed by atoms with Crippen molar-refractivity contribution in [1.82, 2.24) is 20.0 Å². The Labute approximate surface area is 149 Å². The third-order valence-corrected chi connectivity index (χ3v) is 5.73. The lowest BCUT2D eigenvalue weighted by Crippen LogP contribution is -2.56. The highest BCUT2D eigenvalue weighted by Gasteiger charge is 2.54. The molecule has 1 spiro atoms. The van der Waals surface area contributed by atoms with E-state index >= 15 is 0 Å². The lowest BCUT2D eigenvalue weighted by Gasteiger charge is -2.39. The zero-order valence-corrected chi connectivity index (χ0v) is 15.6. The number of imide groups is 1. The molecule has 1 N–H and O–H groups in total. The second-order valence-electron chi connectivity index (χ2n) is 8.14. The molecule has 3 heterocycles. The van der Waals surface area contributed by atoms with Gasteiger partial charge in [0, 0.05) is 39.6 Å². The topological polar surface area (TPSA) is 73.0 Å². The largest absolute Gasteiger partial charge is 0.341 e. The highest BCUT2D eigenvalue weighted by Crippen LogP contribution is 2.32. The normalized spacial score (nSPS) is 27.3. The molecule has 3 rings (SSSR count). The first-order valence-corrected chi connectivity index (χ1v) is 9.46. The number of rotatable bonds is 3. The number of nitrogens with zero attached hydrogens (tertiary/aromatic N) is 3. The van der Waals surface area contributed by atoms with Crippen LogP contribution in [-0.2, 0) is 9.59 Å². The number of carbonyl (C=O) groups excluding carboxylic acids is 3. The van der Waals surface area contributed by atoms with Crippen LogP contribution in [0.25, 0.3) is 0 Å². The van der Waals surface area contributed by atoms with Crippen LogP contribution in [-0.4, -0.2) is 76.8 Å². The van der Waals surface area contributed by atoms with E-state index in [-0.39, 0.29) is 23.9 Å². The molecule has 3 aliphatic rings. The number of amides is 4. The van der Waals surface area contributed by atoms with E-state index in [1.807, 2.05) is 0 Å². The van der Waals surface area contributed by atoms with E-state index in [0.29, 0.717) is 31.8 Å². The maximum Gasteiger partial charge on any atom is 0.325 e. The van der Waals surface area contributed by atoms with Crippen molar-refractivity contribution in [2.75, 3.05) is 32.7 Å². The minimum absolute atomic E-state index is 0.00783. The van der Waals surface area contributed by atoms with Gasteiger partial charge in [-0.05, 0) is 31.6 Å². The van der Waals surface area contributed by atoms with Gasteiger partial charge < -0.3 is 15.1 Å². The molecule has 3 saturated heterocycles. The summed E-state index contributed by atoms with van der Waals surface area (Å²) in [5.41, 5.74) is -0.733. The Hall–Kier alpha value is -1.63. The summed E-state index contributed by atoms with van der Waals surface area (Å²) in [7, 11) is 0. The number of piperidine rings is 2. The summed E-state index contributed by atoms with van der Waals surface area (Å²) in [5.74, 6) is 0.518. The van der Waals surface area contributed by atoms with Gasteiger partial charge in [-0.1, -0.05) is 13.8 Å². The summed E-state index contributed by atoms with van der Waals surface area (Å²) in [6.45, 7) is 9.80. The maximum atomic E-state index is 13.1. The van der Waals surface area contributed by atoms with Crippen LogP contribution in [0.4, 0.5) is 4.79 Å². The molecule has 0 unspecified atom stereocenters. The molecule has 0 aromatic heterocycles. The summed E-state index contributed by atoms with van der Waals surface area (Å²) in [6, 6.07) is -0.476. The van der Waals surface area contributed by atoms with Crippen LogP contribution in [0.2, 0.25) is 0 Å². The number of hydrogen-bond acceptors (Lipinski definition) is 4. The quantitative estimate of drug-likeness (QED) is 0.772. The van der Waals surface area contributed by atoms with Crippen LogP contribution in [0.1, 0.15) is 46.5 Å². The molecule has 0 aromatic carbocycles. The van der Waals surface area contributed by atoms with E-state index in [1.54, 1.807) is 11.8 Å². The van der Waals surface area contributed by atoms with E-state index in [1.165, 1.54) is 4.90 Å². The SMILES string of the molecule is CC(=O)N1CCC[C@H](N2C(=O)NC3(CCN(CC(C)C)CC3)C2=O)C1. The first kappa shape index (κ1) is 18.2. The van der Waals surface area contributed by atoms with Crippen LogP contribution in [0, 0.1) is 5.92 Å². The van der Waals surface area contributed by atoms with Crippen molar-refractivity contribution in [2.24, 2.45) is 5.92 Å². The van der Waals surface area contributed by atoms with Gasteiger partial charge in [0.15, 0.2) is 0 Å². The first-order valence-electron chi connectivity index (χ1n) is 9.46. The van der Waals surface area contributed by atoms with Crippen molar-refractivity contribution in [1.29, 1.82) is 0 Å². The highest BCUT2D eigenvalue weighted by molar-refractivity contribution is 6.07. The molecule has 0 aliphatic carbocycles. The van der Waals surface area contributed by atoms with Crippen molar-refractivity contribution in [3.8, 4) is 0 Å². The maximum absolute atomic E-state index is 13.1. The number of nitrogens with one attached hydrogen (secondary N) is 1.